The zero-order valence-corrected chi connectivity index (χ0v) is 21.5. The van der Waals surface area contributed by atoms with Gasteiger partial charge in [-0.05, 0) is 85.9 Å². The minimum absolute atomic E-state index is 0.821. The molecule has 1 heterocycles. The molecule has 184 valence electrons. The fourth-order valence-corrected chi connectivity index (χ4v) is 5.69. The molecule has 6 aromatic carbocycles. The molecule has 2 heteroatoms. The van der Waals surface area contributed by atoms with Crippen LogP contribution in [0.15, 0.2) is 134 Å². The molecule has 0 spiro atoms. The summed E-state index contributed by atoms with van der Waals surface area (Å²) in [7, 11) is 0. The van der Waals surface area contributed by atoms with E-state index in [0.717, 1.165) is 28.5 Å². The molecule has 0 atom stereocenters. The van der Waals surface area contributed by atoms with Crippen molar-refractivity contribution in [3.05, 3.63) is 146 Å². The Morgan fingerprint density at radius 2 is 1.13 bits per heavy atom. The van der Waals surface area contributed by atoms with Gasteiger partial charge in [0.2, 0.25) is 0 Å². The van der Waals surface area contributed by atoms with E-state index in [1.807, 2.05) is 24.3 Å². The van der Waals surface area contributed by atoms with Gasteiger partial charge in [-0.15, -0.1) is 0 Å². The average molecular weight is 499 g/mol. The number of aromatic nitrogens is 2. The molecular weight excluding hydrogens is 472 g/mol. The molecule has 0 aliphatic carbocycles. The number of benzene rings is 6. The molecule has 2 nitrogen and oxygen atoms in total. The fraction of sp³-hybridized carbons (Fsp3) is 0. The Kier molecular flexibility index (Phi) is 5.45. The van der Waals surface area contributed by atoms with Crippen LogP contribution in [0.4, 0.5) is 0 Å². The molecule has 0 saturated carbocycles. The van der Waals surface area contributed by atoms with E-state index in [-0.39, 0.29) is 0 Å². The first-order valence-electron chi connectivity index (χ1n) is 13.1. The van der Waals surface area contributed by atoms with E-state index in [9.17, 15) is 0 Å². The largest absolute Gasteiger partial charge is 0.292 e. The average Bonchev–Trinajstić information content (AvgIpc) is 3.38. The predicted molar refractivity (Wildman–Crippen MR) is 167 cm³/mol. The molecule has 7 aromatic rings. The number of hydrogen-bond donors (Lipinski definition) is 0. The van der Waals surface area contributed by atoms with Crippen LogP contribution in [-0.2, 0) is 0 Å². The number of nitrogens with zero attached hydrogens (tertiary/aromatic N) is 2. The van der Waals surface area contributed by atoms with Gasteiger partial charge in [-0.2, -0.15) is 0 Å². The van der Waals surface area contributed by atoms with E-state index in [4.69, 9.17) is 4.98 Å². The lowest BCUT2D eigenvalue weighted by atomic mass is 9.91. The maximum atomic E-state index is 4.96. The molecule has 0 saturated heterocycles. The molecule has 0 radical (unpaired) electrons. The molecule has 0 bridgehead atoms. The molecule has 0 amide bonds. The van der Waals surface area contributed by atoms with E-state index in [2.05, 4.69) is 121 Å². The van der Waals surface area contributed by atoms with Crippen LogP contribution in [0.3, 0.4) is 0 Å². The Morgan fingerprint density at radius 3 is 1.77 bits per heavy atom. The number of rotatable bonds is 5. The smallest absolute Gasteiger partial charge is 0.145 e. The van der Waals surface area contributed by atoms with Crippen molar-refractivity contribution in [3.8, 4) is 28.2 Å². The number of fused-ring (bicyclic) bond motifs is 3. The van der Waals surface area contributed by atoms with Gasteiger partial charge in [0, 0.05) is 11.3 Å². The van der Waals surface area contributed by atoms with Crippen LogP contribution in [0.1, 0.15) is 11.4 Å². The van der Waals surface area contributed by atoms with Crippen molar-refractivity contribution in [2.45, 2.75) is 0 Å². The van der Waals surface area contributed by atoms with Gasteiger partial charge < -0.3 is 0 Å². The minimum atomic E-state index is 0.821. The van der Waals surface area contributed by atoms with Crippen LogP contribution in [0.25, 0.3) is 72.7 Å². The van der Waals surface area contributed by atoms with Crippen LogP contribution >= 0.6 is 0 Å². The minimum Gasteiger partial charge on any atom is -0.292 e. The van der Waals surface area contributed by atoms with Crippen molar-refractivity contribution in [2.24, 2.45) is 0 Å². The topological polar surface area (TPSA) is 17.8 Å². The molecule has 0 fully saturated rings. The van der Waals surface area contributed by atoms with E-state index in [1.165, 1.54) is 43.4 Å². The first-order chi connectivity index (χ1) is 19.2. The molecule has 0 N–H and O–H groups in total. The zero-order valence-electron chi connectivity index (χ0n) is 21.5. The Hall–Kier alpha value is -5.21. The monoisotopic (exact) mass is 498 g/mol. The predicted octanol–water partition coefficient (Wildman–Crippen LogP) is 9.95. The van der Waals surface area contributed by atoms with Crippen molar-refractivity contribution < 1.29 is 0 Å². The fourth-order valence-electron chi connectivity index (χ4n) is 5.69. The second kappa shape index (κ2) is 9.27. The van der Waals surface area contributed by atoms with Crippen LogP contribution in [0.2, 0.25) is 0 Å². The van der Waals surface area contributed by atoms with Gasteiger partial charge in [0.1, 0.15) is 5.82 Å². The Bertz CT molecular complexity index is 1990. The Balaban J connectivity index is 1.41. The number of hydrogen-bond acceptors (Lipinski definition) is 1. The van der Waals surface area contributed by atoms with Gasteiger partial charge in [0.05, 0.1) is 11.4 Å². The van der Waals surface area contributed by atoms with E-state index in [0.29, 0.717) is 0 Å². The highest BCUT2D eigenvalue weighted by Gasteiger charge is 2.17. The highest BCUT2D eigenvalue weighted by Crippen LogP contribution is 2.38. The van der Waals surface area contributed by atoms with E-state index in [1.54, 1.807) is 6.08 Å². The summed E-state index contributed by atoms with van der Waals surface area (Å²) in [6, 6.07) is 43.2. The maximum absolute atomic E-state index is 4.96. The van der Waals surface area contributed by atoms with Crippen molar-refractivity contribution in [1.82, 2.24) is 9.55 Å². The van der Waals surface area contributed by atoms with Crippen molar-refractivity contribution in [2.75, 3.05) is 0 Å². The molecule has 0 unspecified atom stereocenters. The highest BCUT2D eigenvalue weighted by atomic mass is 15.1. The standard InChI is InChI=1S/C37H26N2/c1-3-34-35(4-2)39(31-14-6-5-7-15-31)37(38-34)30-21-19-25-22-29(20-18-26(25)23-30)36-32-16-10-8-12-27(32)24-28-13-9-11-17-33(28)36/h3-24H,1-2H2. The molecule has 0 aliphatic rings. The van der Waals surface area contributed by atoms with E-state index >= 15 is 0 Å². The third-order valence-electron chi connectivity index (χ3n) is 7.50. The summed E-state index contributed by atoms with van der Waals surface area (Å²) in [6.07, 6.45) is 3.64. The maximum Gasteiger partial charge on any atom is 0.145 e. The van der Waals surface area contributed by atoms with Gasteiger partial charge >= 0.3 is 0 Å². The third-order valence-corrected chi connectivity index (χ3v) is 7.50. The Labute approximate surface area is 227 Å². The lowest BCUT2D eigenvalue weighted by Gasteiger charge is -2.14. The second-order valence-corrected chi connectivity index (χ2v) is 9.76. The first-order valence-corrected chi connectivity index (χ1v) is 13.1. The summed E-state index contributed by atoms with van der Waals surface area (Å²) in [6.45, 7) is 8.04. The lowest BCUT2D eigenvalue weighted by molar-refractivity contribution is 1.05. The number of para-hydroxylation sites is 1. The summed E-state index contributed by atoms with van der Waals surface area (Å²) < 4.78 is 2.15. The molecule has 39 heavy (non-hydrogen) atoms. The van der Waals surface area contributed by atoms with Crippen molar-refractivity contribution in [1.29, 1.82) is 0 Å². The van der Waals surface area contributed by atoms with Crippen molar-refractivity contribution >= 4 is 44.5 Å². The molecular formula is C37H26N2. The second-order valence-electron chi connectivity index (χ2n) is 9.76. The molecule has 7 rings (SSSR count). The van der Waals surface area contributed by atoms with Crippen LogP contribution in [-0.4, -0.2) is 9.55 Å². The summed E-state index contributed by atoms with van der Waals surface area (Å²) in [5.74, 6) is 0.872. The van der Waals surface area contributed by atoms with Gasteiger partial charge in [0.25, 0.3) is 0 Å². The summed E-state index contributed by atoms with van der Waals surface area (Å²) >= 11 is 0. The van der Waals surface area contributed by atoms with Crippen LogP contribution in [0.5, 0.6) is 0 Å². The van der Waals surface area contributed by atoms with Crippen LogP contribution in [0, 0.1) is 0 Å². The van der Waals surface area contributed by atoms with Crippen molar-refractivity contribution in [3.63, 3.8) is 0 Å². The summed E-state index contributed by atoms with van der Waals surface area (Å²) in [5, 5.41) is 7.41. The molecule has 0 aliphatic heterocycles. The third kappa shape index (κ3) is 3.77. The summed E-state index contributed by atoms with van der Waals surface area (Å²) in [4.78, 5) is 4.96. The van der Waals surface area contributed by atoms with Gasteiger partial charge in [-0.1, -0.05) is 104 Å². The number of imidazole rings is 1. The van der Waals surface area contributed by atoms with Gasteiger partial charge in [0.15, 0.2) is 0 Å². The SMILES string of the molecule is C=Cc1nc(-c2ccc3cc(-c4c5ccccc5cc5ccccc45)ccc3c2)n(-c2ccccc2)c1C=C. The lowest BCUT2D eigenvalue weighted by Crippen LogP contribution is -1.99. The summed E-state index contributed by atoms with van der Waals surface area (Å²) in [5.41, 5.74) is 6.34. The normalized spacial score (nSPS) is 11.3. The van der Waals surface area contributed by atoms with Crippen LogP contribution < -0.4 is 0 Å². The molecule has 1 aromatic heterocycles. The zero-order chi connectivity index (χ0) is 26.3. The van der Waals surface area contributed by atoms with Gasteiger partial charge in [-0.25, -0.2) is 4.98 Å². The first kappa shape index (κ1) is 22.9. The Morgan fingerprint density at radius 1 is 0.538 bits per heavy atom. The van der Waals surface area contributed by atoms with E-state index < -0.39 is 0 Å². The quantitative estimate of drug-likeness (QED) is 0.216. The highest BCUT2D eigenvalue weighted by molar-refractivity contribution is 6.13. The van der Waals surface area contributed by atoms with Gasteiger partial charge in [-0.3, -0.25) is 4.57 Å².